The van der Waals surface area contributed by atoms with E-state index in [-0.39, 0.29) is 29.1 Å². The van der Waals surface area contributed by atoms with Crippen molar-refractivity contribution in [3.05, 3.63) is 54.1 Å². The van der Waals surface area contributed by atoms with Crippen LogP contribution in [0.15, 0.2) is 43.0 Å². The number of rotatable bonds is 7. The van der Waals surface area contributed by atoms with Gasteiger partial charge in [-0.2, -0.15) is 0 Å². The van der Waals surface area contributed by atoms with Crippen molar-refractivity contribution in [2.24, 2.45) is 5.92 Å². The highest BCUT2D eigenvalue weighted by Gasteiger charge is 2.33. The Morgan fingerprint density at radius 2 is 2.00 bits per heavy atom. The number of nitrogens with zero attached hydrogens (tertiary/aromatic N) is 2. The molecule has 6 nitrogen and oxygen atoms in total. The van der Waals surface area contributed by atoms with Crippen molar-refractivity contribution >= 4 is 11.7 Å². The summed E-state index contributed by atoms with van der Waals surface area (Å²) >= 11 is 0. The average molecular weight is 383 g/mol. The van der Waals surface area contributed by atoms with Crippen molar-refractivity contribution in [1.82, 2.24) is 20.2 Å². The molecule has 150 valence electrons. The molecule has 28 heavy (non-hydrogen) atoms. The molecule has 1 aliphatic heterocycles. The van der Waals surface area contributed by atoms with Crippen LogP contribution in [-0.4, -0.2) is 40.4 Å². The zero-order valence-electron chi connectivity index (χ0n) is 16.9. The average Bonchev–Trinajstić information content (AvgIpc) is 3.36. The number of imidazole rings is 1. The van der Waals surface area contributed by atoms with E-state index in [4.69, 9.17) is 0 Å². The molecule has 1 aromatic heterocycles. The number of carbonyl (C=O) groups is 2. The van der Waals surface area contributed by atoms with E-state index in [2.05, 4.69) is 36.4 Å². The summed E-state index contributed by atoms with van der Waals surface area (Å²) in [6.07, 6.45) is 6.81. The Morgan fingerprint density at radius 3 is 2.64 bits per heavy atom. The molecule has 1 fully saturated rings. The second-order valence-corrected chi connectivity index (χ2v) is 8.53. The molecule has 1 aliphatic rings. The van der Waals surface area contributed by atoms with E-state index in [1.165, 1.54) is 5.56 Å². The number of aromatic nitrogens is 2. The van der Waals surface area contributed by atoms with Crippen LogP contribution in [0.5, 0.6) is 0 Å². The minimum Gasteiger partial charge on any atom is -0.355 e. The van der Waals surface area contributed by atoms with E-state index in [0.29, 0.717) is 19.5 Å². The Kier molecular flexibility index (Phi) is 6.29. The van der Waals surface area contributed by atoms with Gasteiger partial charge >= 0.3 is 0 Å². The quantitative estimate of drug-likeness (QED) is 0.570. The van der Waals surface area contributed by atoms with Gasteiger partial charge in [-0.3, -0.25) is 9.59 Å². The summed E-state index contributed by atoms with van der Waals surface area (Å²) in [4.78, 5) is 29.1. The molecule has 2 heterocycles. The number of hydrogen-bond acceptors (Lipinski definition) is 4. The van der Waals surface area contributed by atoms with Crippen LogP contribution < -0.4 is 10.6 Å². The highest BCUT2D eigenvalue weighted by Crippen LogP contribution is 2.24. The smallest absolute Gasteiger partial charge is 0.237 e. The van der Waals surface area contributed by atoms with Crippen LogP contribution in [0.3, 0.4) is 0 Å². The lowest BCUT2D eigenvalue weighted by Gasteiger charge is -2.19. The summed E-state index contributed by atoms with van der Waals surface area (Å²) in [5.41, 5.74) is 2.00. The van der Waals surface area contributed by atoms with Crippen molar-refractivity contribution in [3.8, 4) is 0 Å². The van der Waals surface area contributed by atoms with Gasteiger partial charge < -0.3 is 15.2 Å². The standard InChI is InChI=1S/C22H30N4O2/c1-22(2,3)18-7-5-16(6-8-18)20(27)17-13-19(25-14-17)21(28)24-9-4-11-26-12-10-23-15-26/h5-8,10,12,15,17,19,25H,4,9,11,13-14H2,1-3H3,(H,24,28). The molecule has 3 rings (SSSR count). The number of nitrogens with one attached hydrogen (secondary N) is 2. The van der Waals surface area contributed by atoms with Crippen LogP contribution in [0.1, 0.15) is 49.5 Å². The van der Waals surface area contributed by atoms with E-state index in [9.17, 15) is 9.59 Å². The maximum Gasteiger partial charge on any atom is 0.237 e. The van der Waals surface area contributed by atoms with Crippen LogP contribution in [0.25, 0.3) is 0 Å². The molecule has 0 aliphatic carbocycles. The summed E-state index contributed by atoms with van der Waals surface area (Å²) in [6.45, 7) is 8.45. The number of benzene rings is 1. The third kappa shape index (κ3) is 5.07. The third-order valence-electron chi connectivity index (χ3n) is 5.31. The Labute approximate surface area is 166 Å². The second kappa shape index (κ2) is 8.69. The van der Waals surface area contributed by atoms with Crippen LogP contribution in [0.4, 0.5) is 0 Å². The molecule has 0 bridgehead atoms. The Balaban J connectivity index is 1.46. The molecule has 2 unspecified atom stereocenters. The van der Waals surface area contributed by atoms with Crippen LogP contribution in [-0.2, 0) is 16.8 Å². The van der Waals surface area contributed by atoms with Gasteiger partial charge in [0.2, 0.25) is 5.91 Å². The molecule has 1 saturated heterocycles. The minimum atomic E-state index is -0.295. The first-order valence-electron chi connectivity index (χ1n) is 9.96. The van der Waals surface area contributed by atoms with Crippen molar-refractivity contribution in [3.63, 3.8) is 0 Å². The topological polar surface area (TPSA) is 76.0 Å². The summed E-state index contributed by atoms with van der Waals surface area (Å²) in [7, 11) is 0. The minimum absolute atomic E-state index is 0.0241. The first kappa shape index (κ1) is 20.3. The largest absolute Gasteiger partial charge is 0.355 e. The summed E-state index contributed by atoms with van der Waals surface area (Å²) in [6, 6.07) is 7.58. The van der Waals surface area contributed by atoms with Gasteiger partial charge in [-0.05, 0) is 23.8 Å². The number of ketones is 1. The molecule has 2 atom stereocenters. The normalized spacial score (nSPS) is 19.5. The molecule has 1 amide bonds. The lowest BCUT2D eigenvalue weighted by Crippen LogP contribution is -2.40. The number of carbonyl (C=O) groups excluding carboxylic acids is 2. The highest BCUT2D eigenvalue weighted by atomic mass is 16.2. The van der Waals surface area contributed by atoms with Crippen molar-refractivity contribution in [1.29, 1.82) is 0 Å². The summed E-state index contributed by atoms with van der Waals surface area (Å²) in [5, 5.41) is 6.16. The molecule has 0 radical (unpaired) electrons. The van der Waals surface area contributed by atoms with Gasteiger partial charge in [0, 0.05) is 43.5 Å². The predicted octanol–water partition coefficient (Wildman–Crippen LogP) is 2.55. The lowest BCUT2D eigenvalue weighted by atomic mass is 9.85. The zero-order valence-corrected chi connectivity index (χ0v) is 16.9. The van der Waals surface area contributed by atoms with Crippen molar-refractivity contribution < 1.29 is 9.59 Å². The van der Waals surface area contributed by atoms with Gasteiger partial charge in [-0.15, -0.1) is 0 Å². The van der Waals surface area contributed by atoms with Crippen LogP contribution in [0.2, 0.25) is 0 Å². The number of aryl methyl sites for hydroxylation is 1. The SMILES string of the molecule is CC(C)(C)c1ccc(C(=O)C2CNC(C(=O)NCCCn3ccnc3)C2)cc1. The van der Waals surface area contributed by atoms with Gasteiger partial charge in [-0.25, -0.2) is 4.98 Å². The summed E-state index contributed by atoms with van der Waals surface area (Å²) < 4.78 is 1.99. The Bertz CT molecular complexity index is 791. The lowest BCUT2D eigenvalue weighted by molar-refractivity contribution is -0.122. The Hall–Kier alpha value is -2.47. The predicted molar refractivity (Wildman–Crippen MR) is 109 cm³/mol. The highest BCUT2D eigenvalue weighted by molar-refractivity contribution is 5.99. The first-order chi connectivity index (χ1) is 13.3. The molecule has 2 aromatic rings. The maximum atomic E-state index is 12.8. The Morgan fingerprint density at radius 1 is 1.25 bits per heavy atom. The van der Waals surface area contributed by atoms with E-state index in [1.54, 1.807) is 12.5 Å². The van der Waals surface area contributed by atoms with Gasteiger partial charge in [0.05, 0.1) is 12.4 Å². The van der Waals surface area contributed by atoms with Crippen LogP contribution >= 0.6 is 0 Å². The number of Topliss-reactive ketones (excluding diaryl/α,β-unsaturated/α-hetero) is 1. The molecule has 1 aromatic carbocycles. The van der Waals surface area contributed by atoms with Crippen LogP contribution in [0, 0.1) is 5.92 Å². The van der Waals surface area contributed by atoms with Gasteiger partial charge in [0.1, 0.15) is 0 Å². The summed E-state index contributed by atoms with van der Waals surface area (Å²) in [5.74, 6) is -0.0606. The van der Waals surface area contributed by atoms with E-state index in [1.807, 2.05) is 35.0 Å². The van der Waals surface area contributed by atoms with E-state index in [0.717, 1.165) is 18.5 Å². The van der Waals surface area contributed by atoms with Crippen molar-refractivity contribution in [2.75, 3.05) is 13.1 Å². The molecular formula is C22H30N4O2. The van der Waals surface area contributed by atoms with E-state index >= 15 is 0 Å². The fraction of sp³-hybridized carbons (Fsp3) is 0.500. The molecule has 6 heteroatoms. The second-order valence-electron chi connectivity index (χ2n) is 8.53. The van der Waals surface area contributed by atoms with Crippen molar-refractivity contribution in [2.45, 2.75) is 51.6 Å². The maximum absolute atomic E-state index is 12.8. The van der Waals surface area contributed by atoms with Gasteiger partial charge in [0.25, 0.3) is 0 Å². The zero-order chi connectivity index (χ0) is 20.1. The van der Waals surface area contributed by atoms with Gasteiger partial charge in [-0.1, -0.05) is 45.0 Å². The molecule has 0 saturated carbocycles. The van der Waals surface area contributed by atoms with Gasteiger partial charge in [0.15, 0.2) is 5.78 Å². The van der Waals surface area contributed by atoms with E-state index < -0.39 is 0 Å². The monoisotopic (exact) mass is 382 g/mol. The fourth-order valence-corrected chi connectivity index (χ4v) is 3.52. The number of hydrogen-bond donors (Lipinski definition) is 2. The fourth-order valence-electron chi connectivity index (χ4n) is 3.52. The molecule has 2 N–H and O–H groups in total. The molecule has 0 spiro atoms. The first-order valence-corrected chi connectivity index (χ1v) is 9.96. The number of amides is 1. The molecular weight excluding hydrogens is 352 g/mol. The third-order valence-corrected chi connectivity index (χ3v) is 5.31.